The first kappa shape index (κ1) is 16.0. The number of fused-ring (bicyclic) bond motifs is 1. The number of hydrogen-bond acceptors (Lipinski definition) is 5. The van der Waals surface area contributed by atoms with Gasteiger partial charge in [-0.1, -0.05) is 18.2 Å². The van der Waals surface area contributed by atoms with Crippen LogP contribution in [0.5, 0.6) is 0 Å². The lowest BCUT2D eigenvalue weighted by Gasteiger charge is -2.19. The summed E-state index contributed by atoms with van der Waals surface area (Å²) in [6.07, 6.45) is 2.31. The van der Waals surface area contributed by atoms with Crippen LogP contribution >= 0.6 is 0 Å². The third kappa shape index (κ3) is 2.70. The zero-order valence-corrected chi connectivity index (χ0v) is 13.3. The highest BCUT2D eigenvalue weighted by atomic mass is 32.2. The van der Waals surface area contributed by atoms with Crippen LogP contribution in [0.1, 0.15) is 23.5 Å². The third-order valence-electron chi connectivity index (χ3n) is 3.88. The van der Waals surface area contributed by atoms with Gasteiger partial charge in [-0.3, -0.25) is 14.1 Å². The molecule has 1 atom stereocenters. The van der Waals surface area contributed by atoms with Gasteiger partial charge in [0, 0.05) is 24.9 Å². The number of para-hydroxylation sites is 1. The minimum atomic E-state index is -3.93. The van der Waals surface area contributed by atoms with Crippen LogP contribution in [0.4, 0.5) is 5.69 Å². The summed E-state index contributed by atoms with van der Waals surface area (Å²) in [5.74, 6) is -1.40. The van der Waals surface area contributed by atoms with Crippen LogP contribution in [0.3, 0.4) is 0 Å². The Morgan fingerprint density at radius 2 is 2.12 bits per heavy atom. The molecule has 0 fully saturated rings. The first-order valence-electron chi connectivity index (χ1n) is 7.12. The van der Waals surface area contributed by atoms with E-state index in [4.69, 9.17) is 10.4 Å². The van der Waals surface area contributed by atoms with Gasteiger partial charge in [0.1, 0.15) is 11.0 Å². The van der Waals surface area contributed by atoms with E-state index in [1.54, 1.807) is 24.3 Å². The molecule has 2 aromatic rings. The van der Waals surface area contributed by atoms with Crippen LogP contribution in [0.15, 0.2) is 47.6 Å². The Bertz CT molecular complexity index is 950. The largest absolute Gasteiger partial charge is 0.481 e. The van der Waals surface area contributed by atoms with Gasteiger partial charge in [0.25, 0.3) is 10.0 Å². The molecular formula is C16H13N3O4S. The van der Waals surface area contributed by atoms with Crippen molar-refractivity contribution in [3.8, 4) is 6.07 Å². The zero-order valence-electron chi connectivity index (χ0n) is 12.5. The van der Waals surface area contributed by atoms with E-state index in [1.165, 1.54) is 22.8 Å². The first-order valence-corrected chi connectivity index (χ1v) is 8.56. The summed E-state index contributed by atoms with van der Waals surface area (Å²) in [6, 6.07) is 9.96. The number of rotatable bonds is 4. The van der Waals surface area contributed by atoms with E-state index in [9.17, 15) is 13.2 Å². The van der Waals surface area contributed by atoms with Gasteiger partial charge in [-0.25, -0.2) is 8.42 Å². The third-order valence-corrected chi connectivity index (χ3v) is 5.63. The van der Waals surface area contributed by atoms with Crippen molar-refractivity contribution in [1.29, 1.82) is 5.26 Å². The van der Waals surface area contributed by atoms with Gasteiger partial charge >= 0.3 is 5.97 Å². The molecule has 0 radical (unpaired) electrons. The standard InChI is InChI=1S/C16H13N3O4S/c17-7-11-5-13(9-18-8-11)24(22,23)19-10-12(6-16(20)21)14-3-1-2-4-15(14)19/h1-5,8-9,12H,6,10H2,(H,20,21). The highest BCUT2D eigenvalue weighted by molar-refractivity contribution is 7.92. The monoisotopic (exact) mass is 343 g/mol. The van der Waals surface area contributed by atoms with E-state index in [0.29, 0.717) is 11.3 Å². The van der Waals surface area contributed by atoms with Crippen LogP contribution < -0.4 is 4.31 Å². The molecule has 0 aliphatic carbocycles. The topological polar surface area (TPSA) is 111 Å². The molecule has 1 unspecified atom stereocenters. The number of aromatic nitrogens is 1. The molecule has 0 saturated carbocycles. The normalized spacial score (nSPS) is 16.5. The molecule has 1 aliphatic heterocycles. The molecule has 24 heavy (non-hydrogen) atoms. The Labute approximate surface area is 138 Å². The number of carbonyl (C=O) groups is 1. The van der Waals surface area contributed by atoms with E-state index in [2.05, 4.69) is 4.98 Å². The summed E-state index contributed by atoms with van der Waals surface area (Å²) in [7, 11) is -3.93. The number of nitrogens with zero attached hydrogens (tertiary/aromatic N) is 3. The van der Waals surface area contributed by atoms with Gasteiger partial charge in [0.05, 0.1) is 17.7 Å². The Morgan fingerprint density at radius 3 is 2.83 bits per heavy atom. The Morgan fingerprint density at radius 1 is 1.38 bits per heavy atom. The van der Waals surface area contributed by atoms with Crippen molar-refractivity contribution in [3.63, 3.8) is 0 Å². The number of sulfonamides is 1. The van der Waals surface area contributed by atoms with E-state index in [1.807, 2.05) is 6.07 Å². The van der Waals surface area contributed by atoms with Crippen molar-refractivity contribution in [2.45, 2.75) is 17.2 Å². The number of anilines is 1. The van der Waals surface area contributed by atoms with Gasteiger partial charge in [0.15, 0.2) is 0 Å². The maximum atomic E-state index is 12.9. The molecule has 0 spiro atoms. The Balaban J connectivity index is 2.06. The second-order valence-corrected chi connectivity index (χ2v) is 7.27. The molecule has 7 nitrogen and oxygen atoms in total. The molecule has 8 heteroatoms. The number of nitriles is 1. The van der Waals surface area contributed by atoms with Crippen molar-refractivity contribution in [2.24, 2.45) is 0 Å². The lowest BCUT2D eigenvalue weighted by Crippen LogP contribution is -2.30. The maximum Gasteiger partial charge on any atom is 0.304 e. The van der Waals surface area contributed by atoms with Crippen LogP contribution in [0, 0.1) is 11.3 Å². The number of aliphatic carboxylic acids is 1. The number of carboxylic acids is 1. The van der Waals surface area contributed by atoms with E-state index in [-0.39, 0.29) is 23.4 Å². The van der Waals surface area contributed by atoms with Crippen molar-refractivity contribution in [1.82, 2.24) is 4.98 Å². The summed E-state index contributed by atoms with van der Waals surface area (Å²) in [4.78, 5) is 14.8. The van der Waals surface area contributed by atoms with Crippen molar-refractivity contribution in [3.05, 3.63) is 53.9 Å². The van der Waals surface area contributed by atoms with Crippen LogP contribution in [-0.2, 0) is 14.8 Å². The number of carboxylic acid groups (broad SMARTS) is 1. The minimum absolute atomic E-state index is 0.0464. The van der Waals surface area contributed by atoms with E-state index < -0.39 is 21.9 Å². The van der Waals surface area contributed by atoms with Gasteiger partial charge in [-0.15, -0.1) is 0 Å². The number of benzene rings is 1. The fourth-order valence-corrected chi connectivity index (χ4v) is 4.34. The molecule has 1 aliphatic rings. The zero-order chi connectivity index (χ0) is 17.3. The highest BCUT2D eigenvalue weighted by Gasteiger charge is 2.37. The van der Waals surface area contributed by atoms with Crippen molar-refractivity contribution < 1.29 is 18.3 Å². The molecule has 2 heterocycles. The molecule has 1 aromatic heterocycles. The first-order chi connectivity index (χ1) is 11.4. The highest BCUT2D eigenvalue weighted by Crippen LogP contribution is 2.40. The summed E-state index contributed by atoms with van der Waals surface area (Å²) >= 11 is 0. The summed E-state index contributed by atoms with van der Waals surface area (Å²) in [5.41, 5.74) is 1.30. The van der Waals surface area contributed by atoms with Crippen LogP contribution in [0.2, 0.25) is 0 Å². The van der Waals surface area contributed by atoms with Crippen LogP contribution in [-0.4, -0.2) is 31.0 Å². The molecular weight excluding hydrogens is 330 g/mol. The predicted octanol–water partition coefficient (Wildman–Crippen LogP) is 1.72. The van der Waals surface area contributed by atoms with Crippen molar-refractivity contribution >= 4 is 21.7 Å². The van der Waals surface area contributed by atoms with Crippen molar-refractivity contribution in [2.75, 3.05) is 10.8 Å². The molecule has 0 bridgehead atoms. The summed E-state index contributed by atoms with van der Waals surface area (Å²) < 4.78 is 27.0. The second-order valence-electron chi connectivity index (χ2n) is 5.41. The molecule has 1 N–H and O–H groups in total. The van der Waals surface area contributed by atoms with Gasteiger partial charge in [-0.2, -0.15) is 5.26 Å². The van der Waals surface area contributed by atoms with E-state index in [0.717, 1.165) is 0 Å². The molecule has 0 amide bonds. The van der Waals surface area contributed by atoms with Gasteiger partial charge in [0.2, 0.25) is 0 Å². The molecule has 3 rings (SSSR count). The van der Waals surface area contributed by atoms with Gasteiger partial charge in [-0.05, 0) is 17.7 Å². The number of hydrogen-bond donors (Lipinski definition) is 1. The van der Waals surface area contributed by atoms with E-state index >= 15 is 0 Å². The fourth-order valence-electron chi connectivity index (χ4n) is 2.82. The number of pyridine rings is 1. The van der Waals surface area contributed by atoms with Crippen LogP contribution in [0.25, 0.3) is 0 Å². The molecule has 1 aromatic carbocycles. The SMILES string of the molecule is N#Cc1cncc(S(=O)(=O)N2CC(CC(=O)O)c3ccccc32)c1. The average molecular weight is 343 g/mol. The smallest absolute Gasteiger partial charge is 0.304 e. The average Bonchev–Trinajstić information content (AvgIpc) is 2.94. The Kier molecular flexibility index (Phi) is 3.95. The predicted molar refractivity (Wildman–Crippen MR) is 84.9 cm³/mol. The molecule has 0 saturated heterocycles. The Hall–Kier alpha value is -2.92. The lowest BCUT2D eigenvalue weighted by molar-refractivity contribution is -0.137. The van der Waals surface area contributed by atoms with Gasteiger partial charge < -0.3 is 5.11 Å². The lowest BCUT2D eigenvalue weighted by atomic mass is 9.98. The molecule has 122 valence electrons. The second kappa shape index (κ2) is 5.94. The summed E-state index contributed by atoms with van der Waals surface area (Å²) in [5, 5.41) is 18.0. The fraction of sp³-hybridized carbons (Fsp3) is 0.188. The quantitative estimate of drug-likeness (QED) is 0.905. The summed E-state index contributed by atoms with van der Waals surface area (Å²) in [6.45, 7) is 0.0464. The maximum absolute atomic E-state index is 12.9. The minimum Gasteiger partial charge on any atom is -0.481 e.